The Balaban J connectivity index is 2.74. The largest absolute Gasteiger partial charge is 0.487 e. The van der Waals surface area contributed by atoms with Crippen LogP contribution in [0.5, 0.6) is 5.75 Å². The molecule has 0 aromatic carbocycles. The highest BCUT2D eigenvalue weighted by Gasteiger charge is 2.04. The van der Waals surface area contributed by atoms with E-state index in [-0.39, 0.29) is 6.10 Å². The Morgan fingerprint density at radius 1 is 1.64 bits per heavy atom. The molecule has 0 unspecified atom stereocenters. The predicted molar refractivity (Wildman–Crippen MR) is 58.7 cm³/mol. The molecule has 3 heteroatoms. The second-order valence-electron chi connectivity index (χ2n) is 3.19. The first-order valence-corrected chi connectivity index (χ1v) is 4.70. The topological polar surface area (TPSA) is 34.2 Å². The van der Waals surface area contributed by atoms with Gasteiger partial charge in [-0.25, -0.2) is 4.98 Å². The Morgan fingerprint density at radius 2 is 2.43 bits per heavy atom. The third-order valence-electron chi connectivity index (χ3n) is 1.55. The third kappa shape index (κ3) is 3.09. The number of pyridine rings is 1. The molecule has 0 saturated carbocycles. The van der Waals surface area contributed by atoms with Crippen molar-refractivity contribution in [2.75, 3.05) is 11.9 Å². The summed E-state index contributed by atoms with van der Waals surface area (Å²) < 4.78 is 5.58. The zero-order chi connectivity index (χ0) is 10.4. The van der Waals surface area contributed by atoms with E-state index in [9.17, 15) is 0 Å². The number of hydrogen-bond donors (Lipinski definition) is 1. The molecule has 0 aliphatic rings. The fourth-order valence-electron chi connectivity index (χ4n) is 1.04. The van der Waals surface area contributed by atoms with Gasteiger partial charge in [-0.1, -0.05) is 6.08 Å². The van der Waals surface area contributed by atoms with Gasteiger partial charge in [0.05, 0.1) is 6.10 Å². The van der Waals surface area contributed by atoms with Crippen LogP contribution in [0.3, 0.4) is 0 Å². The van der Waals surface area contributed by atoms with Gasteiger partial charge in [-0.3, -0.25) is 0 Å². The van der Waals surface area contributed by atoms with E-state index in [1.165, 1.54) is 0 Å². The SMILES string of the molecule is C=CCNc1ncccc1OC(C)C. The molecule has 0 spiro atoms. The van der Waals surface area contributed by atoms with Gasteiger partial charge in [-0.2, -0.15) is 0 Å². The molecule has 0 fully saturated rings. The highest BCUT2D eigenvalue weighted by atomic mass is 16.5. The van der Waals surface area contributed by atoms with E-state index in [0.717, 1.165) is 11.6 Å². The van der Waals surface area contributed by atoms with E-state index in [4.69, 9.17) is 4.74 Å². The number of aromatic nitrogens is 1. The molecular formula is C11H16N2O. The van der Waals surface area contributed by atoms with Crippen LogP contribution < -0.4 is 10.1 Å². The number of anilines is 1. The van der Waals surface area contributed by atoms with Crippen molar-refractivity contribution < 1.29 is 4.74 Å². The van der Waals surface area contributed by atoms with Crippen molar-refractivity contribution in [3.05, 3.63) is 31.0 Å². The highest BCUT2D eigenvalue weighted by Crippen LogP contribution is 2.21. The molecule has 0 amide bonds. The lowest BCUT2D eigenvalue weighted by Gasteiger charge is -2.13. The van der Waals surface area contributed by atoms with Crippen LogP contribution in [0.4, 0.5) is 5.82 Å². The van der Waals surface area contributed by atoms with Gasteiger partial charge in [0.2, 0.25) is 0 Å². The molecule has 0 aliphatic carbocycles. The lowest BCUT2D eigenvalue weighted by molar-refractivity contribution is 0.243. The van der Waals surface area contributed by atoms with E-state index in [1.54, 1.807) is 12.3 Å². The number of nitrogens with one attached hydrogen (secondary N) is 1. The Hall–Kier alpha value is -1.51. The fourth-order valence-corrected chi connectivity index (χ4v) is 1.04. The molecular weight excluding hydrogens is 176 g/mol. The van der Waals surface area contributed by atoms with Crippen molar-refractivity contribution in [3.63, 3.8) is 0 Å². The first-order chi connectivity index (χ1) is 6.74. The van der Waals surface area contributed by atoms with E-state index in [0.29, 0.717) is 6.54 Å². The van der Waals surface area contributed by atoms with Crippen molar-refractivity contribution in [2.45, 2.75) is 20.0 Å². The van der Waals surface area contributed by atoms with E-state index < -0.39 is 0 Å². The average molecular weight is 192 g/mol. The maximum atomic E-state index is 5.58. The Bertz CT molecular complexity index is 297. The van der Waals surface area contributed by atoms with Gasteiger partial charge in [-0.15, -0.1) is 6.58 Å². The summed E-state index contributed by atoms with van der Waals surface area (Å²) in [7, 11) is 0. The molecule has 14 heavy (non-hydrogen) atoms. The van der Waals surface area contributed by atoms with Crippen LogP contribution in [-0.2, 0) is 0 Å². The summed E-state index contributed by atoms with van der Waals surface area (Å²) in [5.74, 6) is 1.55. The second-order valence-corrected chi connectivity index (χ2v) is 3.19. The summed E-state index contributed by atoms with van der Waals surface area (Å²) in [5.41, 5.74) is 0. The second kappa shape index (κ2) is 5.27. The summed E-state index contributed by atoms with van der Waals surface area (Å²) in [4.78, 5) is 4.19. The van der Waals surface area contributed by atoms with Crippen LogP contribution in [-0.4, -0.2) is 17.6 Å². The van der Waals surface area contributed by atoms with Gasteiger partial charge in [0.25, 0.3) is 0 Å². The van der Waals surface area contributed by atoms with Crippen LogP contribution in [0.25, 0.3) is 0 Å². The molecule has 1 rings (SSSR count). The Morgan fingerprint density at radius 3 is 3.07 bits per heavy atom. The van der Waals surface area contributed by atoms with E-state index in [2.05, 4.69) is 16.9 Å². The number of nitrogens with zero attached hydrogens (tertiary/aromatic N) is 1. The van der Waals surface area contributed by atoms with Crippen LogP contribution in [0.2, 0.25) is 0 Å². The van der Waals surface area contributed by atoms with Gasteiger partial charge >= 0.3 is 0 Å². The summed E-state index contributed by atoms with van der Waals surface area (Å²) in [6.07, 6.45) is 3.68. The van der Waals surface area contributed by atoms with Crippen molar-refractivity contribution in [1.29, 1.82) is 0 Å². The zero-order valence-corrected chi connectivity index (χ0v) is 8.66. The molecule has 76 valence electrons. The molecule has 0 saturated heterocycles. The normalized spacial score (nSPS) is 9.93. The summed E-state index contributed by atoms with van der Waals surface area (Å²) in [6.45, 7) is 8.30. The number of ether oxygens (including phenoxy) is 1. The monoisotopic (exact) mass is 192 g/mol. The molecule has 0 atom stereocenters. The van der Waals surface area contributed by atoms with Crippen LogP contribution in [0.1, 0.15) is 13.8 Å². The van der Waals surface area contributed by atoms with Crippen LogP contribution in [0, 0.1) is 0 Å². The smallest absolute Gasteiger partial charge is 0.169 e. The quantitative estimate of drug-likeness (QED) is 0.728. The van der Waals surface area contributed by atoms with Crippen LogP contribution in [0.15, 0.2) is 31.0 Å². The van der Waals surface area contributed by atoms with Gasteiger partial charge in [0, 0.05) is 12.7 Å². The molecule has 1 aromatic heterocycles. The van der Waals surface area contributed by atoms with Crippen molar-refractivity contribution in [3.8, 4) is 5.75 Å². The summed E-state index contributed by atoms with van der Waals surface area (Å²) in [6, 6.07) is 3.76. The summed E-state index contributed by atoms with van der Waals surface area (Å²) in [5, 5.41) is 3.11. The zero-order valence-electron chi connectivity index (χ0n) is 8.66. The first-order valence-electron chi connectivity index (χ1n) is 4.70. The standard InChI is InChI=1S/C11H16N2O/c1-4-7-12-11-10(14-9(2)3)6-5-8-13-11/h4-6,8-9H,1,7H2,2-3H3,(H,12,13). The minimum atomic E-state index is 0.156. The molecule has 1 aromatic rings. The highest BCUT2D eigenvalue weighted by molar-refractivity contribution is 5.49. The van der Waals surface area contributed by atoms with Gasteiger partial charge in [0.1, 0.15) is 0 Å². The first kappa shape index (κ1) is 10.6. The molecule has 1 heterocycles. The minimum Gasteiger partial charge on any atom is -0.487 e. The molecule has 0 bridgehead atoms. The average Bonchev–Trinajstić information content (AvgIpc) is 2.16. The van der Waals surface area contributed by atoms with Gasteiger partial charge < -0.3 is 10.1 Å². The van der Waals surface area contributed by atoms with Crippen molar-refractivity contribution in [2.24, 2.45) is 0 Å². The maximum Gasteiger partial charge on any atom is 0.169 e. The van der Waals surface area contributed by atoms with Crippen molar-refractivity contribution >= 4 is 5.82 Å². The molecule has 1 N–H and O–H groups in total. The number of hydrogen-bond acceptors (Lipinski definition) is 3. The number of rotatable bonds is 5. The predicted octanol–water partition coefficient (Wildman–Crippen LogP) is 2.47. The third-order valence-corrected chi connectivity index (χ3v) is 1.55. The van der Waals surface area contributed by atoms with Gasteiger partial charge in [-0.05, 0) is 26.0 Å². The Kier molecular flexibility index (Phi) is 3.98. The molecule has 0 radical (unpaired) electrons. The summed E-state index contributed by atoms with van der Waals surface area (Å²) >= 11 is 0. The van der Waals surface area contributed by atoms with E-state index in [1.807, 2.05) is 26.0 Å². The van der Waals surface area contributed by atoms with Crippen LogP contribution >= 0.6 is 0 Å². The molecule has 3 nitrogen and oxygen atoms in total. The van der Waals surface area contributed by atoms with E-state index >= 15 is 0 Å². The molecule has 0 aliphatic heterocycles. The maximum absolute atomic E-state index is 5.58. The van der Waals surface area contributed by atoms with Gasteiger partial charge in [0.15, 0.2) is 11.6 Å². The fraction of sp³-hybridized carbons (Fsp3) is 0.364. The Labute approximate surface area is 84.8 Å². The lowest BCUT2D eigenvalue weighted by Crippen LogP contribution is -2.09. The lowest BCUT2D eigenvalue weighted by atomic mass is 10.4. The van der Waals surface area contributed by atoms with Crippen molar-refractivity contribution in [1.82, 2.24) is 4.98 Å². The minimum absolute atomic E-state index is 0.156.